The number of pyridine rings is 1. The number of piperidine rings is 1. The van der Waals surface area contributed by atoms with Crippen LogP contribution in [0.25, 0.3) is 0 Å². The van der Waals surface area contributed by atoms with Crippen LogP contribution in [0.2, 0.25) is 0 Å². The van der Waals surface area contributed by atoms with E-state index in [0.29, 0.717) is 24.8 Å². The van der Waals surface area contributed by atoms with Crippen molar-refractivity contribution in [2.24, 2.45) is 11.8 Å². The van der Waals surface area contributed by atoms with Crippen LogP contribution in [0.15, 0.2) is 18.3 Å². The summed E-state index contributed by atoms with van der Waals surface area (Å²) >= 11 is 0. The Labute approximate surface area is 193 Å². The highest BCUT2D eigenvalue weighted by molar-refractivity contribution is 5.86. The van der Waals surface area contributed by atoms with Crippen LogP contribution in [0.1, 0.15) is 31.7 Å². The molecule has 2 N–H and O–H groups in total. The number of nitrogens with zero attached hydrogens (tertiary/aromatic N) is 3. The van der Waals surface area contributed by atoms with Gasteiger partial charge in [0.25, 0.3) is 0 Å². The zero-order chi connectivity index (χ0) is 18.4. The summed E-state index contributed by atoms with van der Waals surface area (Å²) in [7, 11) is 2.15. The van der Waals surface area contributed by atoms with Crippen molar-refractivity contribution in [1.29, 1.82) is 0 Å². The van der Waals surface area contributed by atoms with E-state index in [-0.39, 0.29) is 43.1 Å². The van der Waals surface area contributed by atoms with E-state index in [1.807, 2.05) is 12.3 Å². The lowest BCUT2D eigenvalue weighted by Crippen LogP contribution is -2.45. The van der Waals surface area contributed by atoms with Gasteiger partial charge < -0.3 is 20.4 Å². The average Bonchev–Trinajstić information content (AvgIpc) is 2.68. The number of piperazine rings is 1. The van der Waals surface area contributed by atoms with Gasteiger partial charge in [-0.05, 0) is 50.9 Å². The third kappa shape index (κ3) is 8.46. The molecule has 0 bridgehead atoms. The predicted molar refractivity (Wildman–Crippen MR) is 127 cm³/mol. The van der Waals surface area contributed by atoms with Crippen LogP contribution in [0.4, 0.5) is 5.82 Å². The first-order valence-corrected chi connectivity index (χ1v) is 9.98. The molecule has 0 saturated carbocycles. The van der Waals surface area contributed by atoms with Gasteiger partial charge in [-0.2, -0.15) is 0 Å². The summed E-state index contributed by atoms with van der Waals surface area (Å²) in [5.41, 5.74) is 1.11. The molecule has 1 unspecified atom stereocenters. The van der Waals surface area contributed by atoms with Crippen molar-refractivity contribution in [1.82, 2.24) is 20.5 Å². The zero-order valence-corrected chi connectivity index (χ0v) is 19.9. The van der Waals surface area contributed by atoms with Gasteiger partial charge in [-0.1, -0.05) is 13.0 Å². The highest BCUT2D eigenvalue weighted by atomic mass is 35.5. The number of nitrogens with one attached hydrogen (secondary N) is 2. The summed E-state index contributed by atoms with van der Waals surface area (Å²) in [5, 5.41) is 6.52. The van der Waals surface area contributed by atoms with E-state index >= 15 is 0 Å². The Morgan fingerprint density at radius 3 is 2.52 bits per heavy atom. The molecular weight excluding hydrogens is 433 g/mol. The molecule has 1 atom stereocenters. The fourth-order valence-corrected chi connectivity index (χ4v) is 4.01. The van der Waals surface area contributed by atoms with Crippen LogP contribution in [-0.4, -0.2) is 62.1 Å². The second kappa shape index (κ2) is 14.3. The van der Waals surface area contributed by atoms with E-state index in [2.05, 4.69) is 45.5 Å². The maximum atomic E-state index is 12.4. The molecule has 2 aliphatic heterocycles. The molecule has 3 heterocycles. The largest absolute Gasteiger partial charge is 0.354 e. The minimum atomic E-state index is 0. The first-order chi connectivity index (χ1) is 12.6. The fourth-order valence-electron chi connectivity index (χ4n) is 4.01. The number of halogens is 3. The van der Waals surface area contributed by atoms with Gasteiger partial charge in [0.05, 0.1) is 0 Å². The Kier molecular flexibility index (Phi) is 13.9. The Bertz CT molecular complexity index is 593. The number of likely N-dealkylation sites (N-methyl/N-ethyl adjacent to an activating group) is 1. The molecule has 6 nitrogen and oxygen atoms in total. The van der Waals surface area contributed by atoms with Crippen molar-refractivity contribution in [3.63, 3.8) is 0 Å². The molecular formula is C20H36Cl3N5O. The molecule has 0 radical (unpaired) electrons. The molecule has 0 spiro atoms. The van der Waals surface area contributed by atoms with Crippen LogP contribution in [-0.2, 0) is 11.3 Å². The molecule has 1 aromatic rings. The van der Waals surface area contributed by atoms with Crippen molar-refractivity contribution in [2.45, 2.75) is 32.7 Å². The number of carbonyl (C=O) groups excluding carboxylic acids is 1. The van der Waals surface area contributed by atoms with Gasteiger partial charge >= 0.3 is 0 Å². The molecule has 168 valence electrons. The summed E-state index contributed by atoms with van der Waals surface area (Å²) in [6.45, 7) is 9.03. The third-order valence-corrected chi connectivity index (χ3v) is 5.84. The van der Waals surface area contributed by atoms with Crippen LogP contribution in [0.5, 0.6) is 0 Å². The summed E-state index contributed by atoms with van der Waals surface area (Å²) in [4.78, 5) is 21.7. The number of carbonyl (C=O) groups is 1. The number of aromatic nitrogens is 1. The first-order valence-electron chi connectivity index (χ1n) is 9.98. The molecule has 1 aromatic heterocycles. The second-order valence-corrected chi connectivity index (χ2v) is 7.82. The highest BCUT2D eigenvalue weighted by Crippen LogP contribution is 2.24. The maximum Gasteiger partial charge on any atom is 0.220 e. The summed E-state index contributed by atoms with van der Waals surface area (Å²) in [5.74, 6) is 2.29. The quantitative estimate of drug-likeness (QED) is 0.672. The van der Waals surface area contributed by atoms with Crippen molar-refractivity contribution in [2.75, 3.05) is 51.2 Å². The van der Waals surface area contributed by atoms with Crippen molar-refractivity contribution in [3.8, 4) is 0 Å². The number of hydrogen-bond donors (Lipinski definition) is 2. The Morgan fingerprint density at radius 1 is 1.21 bits per heavy atom. The van der Waals surface area contributed by atoms with Gasteiger partial charge in [-0.15, -0.1) is 37.2 Å². The Balaban J connectivity index is 0.00000261. The van der Waals surface area contributed by atoms with Gasteiger partial charge in [-0.3, -0.25) is 4.79 Å². The minimum Gasteiger partial charge on any atom is -0.354 e. The minimum absolute atomic E-state index is 0. The molecule has 9 heteroatoms. The third-order valence-electron chi connectivity index (χ3n) is 5.84. The van der Waals surface area contributed by atoms with E-state index < -0.39 is 0 Å². The van der Waals surface area contributed by atoms with Gasteiger partial charge in [0.15, 0.2) is 0 Å². The monoisotopic (exact) mass is 467 g/mol. The summed E-state index contributed by atoms with van der Waals surface area (Å²) in [6, 6.07) is 4.04. The molecule has 2 fully saturated rings. The highest BCUT2D eigenvalue weighted by Gasteiger charge is 2.22. The number of anilines is 1. The lowest BCUT2D eigenvalue weighted by molar-refractivity contribution is -0.122. The predicted octanol–water partition coefficient (Wildman–Crippen LogP) is 2.74. The van der Waals surface area contributed by atoms with Crippen LogP contribution >= 0.6 is 37.2 Å². The van der Waals surface area contributed by atoms with E-state index in [0.717, 1.165) is 50.6 Å². The van der Waals surface area contributed by atoms with Crippen LogP contribution in [0, 0.1) is 11.8 Å². The molecule has 0 aliphatic carbocycles. The smallest absolute Gasteiger partial charge is 0.220 e. The van der Waals surface area contributed by atoms with Crippen molar-refractivity contribution >= 4 is 48.9 Å². The van der Waals surface area contributed by atoms with Gasteiger partial charge in [0, 0.05) is 50.9 Å². The SMILES string of the molecule is CC(CC(=O)NCc1cccnc1N1CCN(C)CC1)C1CCNCC1.Cl.Cl.Cl. The maximum absolute atomic E-state index is 12.4. The molecule has 3 rings (SSSR count). The van der Waals surface area contributed by atoms with Crippen LogP contribution < -0.4 is 15.5 Å². The number of hydrogen-bond acceptors (Lipinski definition) is 5. The number of rotatable bonds is 6. The topological polar surface area (TPSA) is 60.5 Å². The Morgan fingerprint density at radius 2 is 1.86 bits per heavy atom. The normalized spacial score (nSPS) is 18.6. The van der Waals surface area contributed by atoms with Crippen LogP contribution in [0.3, 0.4) is 0 Å². The van der Waals surface area contributed by atoms with E-state index in [1.165, 1.54) is 12.8 Å². The van der Waals surface area contributed by atoms with Gasteiger partial charge in [-0.25, -0.2) is 4.98 Å². The Hall–Kier alpha value is -0.790. The van der Waals surface area contributed by atoms with E-state index in [1.54, 1.807) is 0 Å². The molecule has 29 heavy (non-hydrogen) atoms. The summed E-state index contributed by atoms with van der Waals surface area (Å²) in [6.07, 6.45) is 4.84. The lowest BCUT2D eigenvalue weighted by atomic mass is 9.84. The second-order valence-electron chi connectivity index (χ2n) is 7.82. The lowest BCUT2D eigenvalue weighted by Gasteiger charge is -2.34. The standard InChI is InChI=1S/C20H33N5O.3ClH/c1-16(17-5-8-21-9-6-17)14-19(26)23-15-18-4-3-7-22-20(18)25-12-10-24(2)11-13-25;;;/h3-4,7,16-17,21H,5-6,8-15H2,1-2H3,(H,23,26);3*1H. The summed E-state index contributed by atoms with van der Waals surface area (Å²) < 4.78 is 0. The van der Waals surface area contributed by atoms with E-state index in [4.69, 9.17) is 0 Å². The van der Waals surface area contributed by atoms with Crippen molar-refractivity contribution < 1.29 is 4.79 Å². The van der Waals surface area contributed by atoms with Gasteiger partial charge in [0.1, 0.15) is 5.82 Å². The first kappa shape index (κ1) is 28.2. The number of amides is 1. The molecule has 2 aliphatic rings. The molecule has 1 amide bonds. The zero-order valence-electron chi connectivity index (χ0n) is 17.4. The van der Waals surface area contributed by atoms with Crippen molar-refractivity contribution in [3.05, 3.63) is 23.9 Å². The molecule has 0 aromatic carbocycles. The fraction of sp³-hybridized carbons (Fsp3) is 0.700. The van der Waals surface area contributed by atoms with E-state index in [9.17, 15) is 4.79 Å². The molecule has 2 saturated heterocycles. The van der Waals surface area contributed by atoms with Gasteiger partial charge in [0.2, 0.25) is 5.91 Å². The average molecular weight is 469 g/mol.